The van der Waals surface area contributed by atoms with Gasteiger partial charge in [-0.2, -0.15) is 4.91 Å². The van der Waals surface area contributed by atoms with Crippen molar-refractivity contribution in [3.63, 3.8) is 0 Å². The lowest BCUT2D eigenvalue weighted by molar-refractivity contribution is -0.123. The molecular formula is C16H27NO3. The molecular weight excluding hydrogens is 254 g/mol. The molecule has 0 aromatic heterocycles. The minimum absolute atomic E-state index is 0.0111. The SMILES string of the molecule is CCCCC(=O)C(/C=C/CO)C1CCC(CCN=O)C1. The zero-order chi connectivity index (χ0) is 14.8. The predicted molar refractivity (Wildman–Crippen MR) is 80.4 cm³/mol. The Morgan fingerprint density at radius 3 is 2.90 bits per heavy atom. The summed E-state index contributed by atoms with van der Waals surface area (Å²) in [6, 6.07) is 0. The third-order valence-corrected chi connectivity index (χ3v) is 4.32. The topological polar surface area (TPSA) is 66.7 Å². The summed E-state index contributed by atoms with van der Waals surface area (Å²) >= 11 is 0. The summed E-state index contributed by atoms with van der Waals surface area (Å²) in [5, 5.41) is 11.9. The van der Waals surface area contributed by atoms with Crippen LogP contribution in [0.1, 0.15) is 51.9 Å². The molecule has 3 atom stereocenters. The molecule has 4 nitrogen and oxygen atoms in total. The molecule has 20 heavy (non-hydrogen) atoms. The number of unbranched alkanes of at least 4 members (excludes halogenated alkanes) is 1. The van der Waals surface area contributed by atoms with Crippen molar-refractivity contribution in [3.8, 4) is 0 Å². The first-order valence-electron chi connectivity index (χ1n) is 7.82. The van der Waals surface area contributed by atoms with Crippen LogP contribution in [0.3, 0.4) is 0 Å². The van der Waals surface area contributed by atoms with Crippen molar-refractivity contribution in [2.24, 2.45) is 22.9 Å². The van der Waals surface area contributed by atoms with Gasteiger partial charge >= 0.3 is 0 Å². The number of ketones is 1. The lowest BCUT2D eigenvalue weighted by atomic mass is 9.84. The summed E-state index contributed by atoms with van der Waals surface area (Å²) in [5.74, 6) is 1.15. The van der Waals surface area contributed by atoms with Gasteiger partial charge in [-0.3, -0.25) is 4.79 Å². The fraction of sp³-hybridized carbons (Fsp3) is 0.812. The van der Waals surface area contributed by atoms with Gasteiger partial charge < -0.3 is 5.11 Å². The number of carbonyl (C=O) groups excluding carboxylic acids is 1. The number of aliphatic hydroxyl groups is 1. The monoisotopic (exact) mass is 281 g/mol. The Hall–Kier alpha value is -1.03. The van der Waals surface area contributed by atoms with Crippen molar-refractivity contribution in [1.29, 1.82) is 0 Å². The third-order valence-electron chi connectivity index (χ3n) is 4.32. The zero-order valence-electron chi connectivity index (χ0n) is 12.5. The number of carbonyl (C=O) groups is 1. The Kier molecular flexibility index (Phi) is 8.35. The van der Waals surface area contributed by atoms with E-state index in [1.54, 1.807) is 6.08 Å². The minimum atomic E-state index is -0.0529. The van der Waals surface area contributed by atoms with Gasteiger partial charge in [0.15, 0.2) is 0 Å². The summed E-state index contributed by atoms with van der Waals surface area (Å²) < 4.78 is 0. The van der Waals surface area contributed by atoms with E-state index < -0.39 is 0 Å². The van der Waals surface area contributed by atoms with Gasteiger partial charge in [-0.05, 0) is 37.5 Å². The van der Waals surface area contributed by atoms with E-state index in [0.717, 1.165) is 38.5 Å². The van der Waals surface area contributed by atoms with Gasteiger partial charge in [0.1, 0.15) is 5.78 Å². The van der Waals surface area contributed by atoms with Gasteiger partial charge in [0.2, 0.25) is 0 Å². The molecule has 0 heterocycles. The van der Waals surface area contributed by atoms with Gasteiger partial charge in [-0.25, -0.2) is 0 Å². The predicted octanol–water partition coefficient (Wildman–Crippen LogP) is 3.48. The third kappa shape index (κ3) is 5.53. The van der Waals surface area contributed by atoms with Crippen LogP contribution in [0.15, 0.2) is 17.3 Å². The summed E-state index contributed by atoms with van der Waals surface area (Å²) in [6.45, 7) is 2.46. The number of allylic oxidation sites excluding steroid dienone is 1. The van der Waals surface area contributed by atoms with Gasteiger partial charge in [0.05, 0.1) is 13.2 Å². The van der Waals surface area contributed by atoms with Crippen molar-refractivity contribution in [3.05, 3.63) is 17.1 Å². The maximum absolute atomic E-state index is 12.3. The molecule has 0 saturated heterocycles. The second-order valence-corrected chi connectivity index (χ2v) is 5.79. The maximum Gasteiger partial charge on any atom is 0.139 e. The summed E-state index contributed by atoms with van der Waals surface area (Å²) in [7, 11) is 0. The fourth-order valence-electron chi connectivity index (χ4n) is 3.19. The lowest BCUT2D eigenvalue weighted by Gasteiger charge is -2.19. The van der Waals surface area contributed by atoms with E-state index >= 15 is 0 Å². The Balaban J connectivity index is 2.57. The van der Waals surface area contributed by atoms with Crippen molar-refractivity contribution in [2.75, 3.05) is 13.2 Å². The number of aliphatic hydroxyl groups excluding tert-OH is 1. The van der Waals surface area contributed by atoms with E-state index in [4.69, 9.17) is 5.11 Å². The fourth-order valence-corrected chi connectivity index (χ4v) is 3.19. The number of hydrogen-bond donors (Lipinski definition) is 1. The number of rotatable bonds is 10. The first-order valence-corrected chi connectivity index (χ1v) is 7.82. The average molecular weight is 281 g/mol. The van der Waals surface area contributed by atoms with Crippen LogP contribution in [-0.2, 0) is 4.79 Å². The van der Waals surface area contributed by atoms with Crippen LogP contribution in [0.5, 0.6) is 0 Å². The van der Waals surface area contributed by atoms with Gasteiger partial charge in [-0.1, -0.05) is 37.1 Å². The zero-order valence-corrected chi connectivity index (χ0v) is 12.5. The van der Waals surface area contributed by atoms with Gasteiger partial charge in [0.25, 0.3) is 0 Å². The van der Waals surface area contributed by atoms with E-state index in [0.29, 0.717) is 30.6 Å². The van der Waals surface area contributed by atoms with E-state index in [1.165, 1.54) is 0 Å². The number of nitrogens with zero attached hydrogens (tertiary/aromatic N) is 1. The Morgan fingerprint density at radius 2 is 2.25 bits per heavy atom. The standard InChI is InChI=1S/C16H27NO3/c1-2-3-6-16(19)15(5-4-11-18)14-8-7-13(12-14)9-10-17-20/h4-5,13-15,18H,2-3,6-12H2,1H3/b5-4+. The second-order valence-electron chi connectivity index (χ2n) is 5.79. The first-order chi connectivity index (χ1) is 9.72. The molecule has 114 valence electrons. The number of hydrogen-bond acceptors (Lipinski definition) is 4. The highest BCUT2D eigenvalue weighted by atomic mass is 16.3. The molecule has 3 unspecified atom stereocenters. The smallest absolute Gasteiger partial charge is 0.139 e. The van der Waals surface area contributed by atoms with Crippen molar-refractivity contribution in [2.45, 2.75) is 51.9 Å². The molecule has 1 N–H and O–H groups in total. The van der Waals surface area contributed by atoms with Crippen LogP contribution in [-0.4, -0.2) is 24.0 Å². The molecule has 1 saturated carbocycles. The molecule has 0 amide bonds. The second kappa shape index (κ2) is 9.81. The van der Waals surface area contributed by atoms with E-state index in [2.05, 4.69) is 12.1 Å². The van der Waals surface area contributed by atoms with Crippen LogP contribution in [0.2, 0.25) is 0 Å². The van der Waals surface area contributed by atoms with E-state index in [-0.39, 0.29) is 12.5 Å². The molecule has 1 fully saturated rings. The normalized spacial score (nSPS) is 24.1. The van der Waals surface area contributed by atoms with Crippen molar-refractivity contribution < 1.29 is 9.90 Å². The molecule has 0 spiro atoms. The molecule has 0 aromatic rings. The van der Waals surface area contributed by atoms with E-state index in [9.17, 15) is 9.70 Å². The highest BCUT2D eigenvalue weighted by Crippen LogP contribution is 2.39. The average Bonchev–Trinajstić information content (AvgIpc) is 2.92. The molecule has 0 bridgehead atoms. The highest BCUT2D eigenvalue weighted by Gasteiger charge is 2.32. The quantitative estimate of drug-likeness (QED) is 0.492. The molecule has 0 aromatic carbocycles. The van der Waals surface area contributed by atoms with Crippen LogP contribution in [0, 0.1) is 22.7 Å². The minimum Gasteiger partial charge on any atom is -0.392 e. The van der Waals surface area contributed by atoms with Crippen LogP contribution < -0.4 is 0 Å². The van der Waals surface area contributed by atoms with Gasteiger partial charge in [-0.15, -0.1) is 0 Å². The molecule has 1 aliphatic rings. The van der Waals surface area contributed by atoms with Crippen molar-refractivity contribution in [1.82, 2.24) is 0 Å². The number of Topliss-reactive ketones (excluding diaryl/α,β-unsaturated/α-hetero) is 1. The maximum atomic E-state index is 12.3. The Labute approximate surface area is 121 Å². The summed E-state index contributed by atoms with van der Waals surface area (Å²) in [4.78, 5) is 22.5. The van der Waals surface area contributed by atoms with E-state index in [1.807, 2.05) is 6.08 Å². The first kappa shape index (κ1) is 17.0. The molecule has 0 aliphatic heterocycles. The van der Waals surface area contributed by atoms with Crippen LogP contribution in [0.25, 0.3) is 0 Å². The summed E-state index contributed by atoms with van der Waals surface area (Å²) in [6.07, 6.45) is 10.2. The lowest BCUT2D eigenvalue weighted by Crippen LogP contribution is -2.20. The Bertz CT molecular complexity index is 328. The molecule has 1 rings (SSSR count). The molecule has 1 aliphatic carbocycles. The molecule has 4 heteroatoms. The Morgan fingerprint density at radius 1 is 1.45 bits per heavy atom. The van der Waals surface area contributed by atoms with Crippen molar-refractivity contribution >= 4 is 5.78 Å². The van der Waals surface area contributed by atoms with Crippen LogP contribution in [0.4, 0.5) is 0 Å². The number of nitroso groups, excluding NO2 is 1. The van der Waals surface area contributed by atoms with Gasteiger partial charge in [0, 0.05) is 12.3 Å². The van der Waals surface area contributed by atoms with Crippen LogP contribution >= 0.6 is 0 Å². The molecule has 0 radical (unpaired) electrons. The summed E-state index contributed by atoms with van der Waals surface area (Å²) in [5.41, 5.74) is 0. The highest BCUT2D eigenvalue weighted by molar-refractivity contribution is 5.83. The largest absolute Gasteiger partial charge is 0.392 e.